The van der Waals surface area contributed by atoms with Crippen LogP contribution in [0.15, 0.2) is 62.7 Å². The summed E-state index contributed by atoms with van der Waals surface area (Å²) in [6.07, 6.45) is 1.57. The van der Waals surface area contributed by atoms with E-state index in [9.17, 15) is 9.59 Å². The first kappa shape index (κ1) is 17.0. The molecule has 2 N–H and O–H groups in total. The topological polar surface area (TPSA) is 74.6 Å². The third kappa shape index (κ3) is 3.64. The monoisotopic (exact) mass is 339 g/mol. The number of rotatable bonds is 8. The highest BCUT2D eigenvalue weighted by Crippen LogP contribution is 2.21. The zero-order valence-corrected chi connectivity index (χ0v) is 14.3. The van der Waals surface area contributed by atoms with Gasteiger partial charge < -0.3 is 20.0 Å². The van der Waals surface area contributed by atoms with Gasteiger partial charge in [0.1, 0.15) is 17.1 Å². The summed E-state index contributed by atoms with van der Waals surface area (Å²) in [5.74, 6) is 0.703. The molecule has 2 aromatic carbocycles. The van der Waals surface area contributed by atoms with Gasteiger partial charge in [-0.25, -0.2) is 0 Å². The molecule has 6 heteroatoms. The molecule has 1 aromatic heterocycles. The molecule has 0 bridgehead atoms. The van der Waals surface area contributed by atoms with E-state index in [4.69, 9.17) is 4.42 Å². The fourth-order valence-electron chi connectivity index (χ4n) is 2.79. The van der Waals surface area contributed by atoms with E-state index < -0.39 is 10.9 Å². The highest BCUT2D eigenvalue weighted by molar-refractivity contribution is 5.74. The predicted octanol–water partition coefficient (Wildman–Crippen LogP) is 2.20. The van der Waals surface area contributed by atoms with Crippen molar-refractivity contribution in [3.8, 4) is 0 Å². The van der Waals surface area contributed by atoms with Crippen LogP contribution in [0.4, 0.5) is 11.4 Å². The Labute approximate surface area is 145 Å². The van der Waals surface area contributed by atoms with Gasteiger partial charge in [0.2, 0.25) is 0 Å². The lowest BCUT2D eigenvalue weighted by Crippen LogP contribution is -2.39. The molecule has 3 aromatic rings. The second-order valence-corrected chi connectivity index (χ2v) is 6.11. The first-order valence-corrected chi connectivity index (χ1v) is 8.12. The van der Waals surface area contributed by atoms with Crippen molar-refractivity contribution in [2.45, 2.75) is 12.6 Å². The van der Waals surface area contributed by atoms with Crippen molar-refractivity contribution in [3.05, 3.63) is 80.5 Å². The average molecular weight is 339 g/mol. The molecule has 6 nitrogen and oxygen atoms in total. The van der Waals surface area contributed by atoms with Crippen LogP contribution < -0.4 is 21.5 Å². The molecule has 0 aliphatic carbocycles. The van der Waals surface area contributed by atoms with Crippen molar-refractivity contribution in [2.75, 3.05) is 31.3 Å². The molecule has 0 spiro atoms. The lowest BCUT2D eigenvalue weighted by molar-refractivity contribution is 0.312. The average Bonchev–Trinajstić information content (AvgIpc) is 3.14. The summed E-state index contributed by atoms with van der Waals surface area (Å²) in [4.78, 5) is 25.8. The lowest BCUT2D eigenvalue weighted by atomic mass is 10.1. The van der Waals surface area contributed by atoms with E-state index in [2.05, 4.69) is 15.5 Å². The van der Waals surface area contributed by atoms with Gasteiger partial charge in [0.25, 0.3) is 10.9 Å². The summed E-state index contributed by atoms with van der Waals surface area (Å²) >= 11 is 0. The fraction of sp³-hybridized carbons (Fsp3) is 0.263. The van der Waals surface area contributed by atoms with Crippen molar-refractivity contribution in [2.24, 2.45) is 0 Å². The third-order valence-electron chi connectivity index (χ3n) is 4.21. The van der Waals surface area contributed by atoms with E-state index in [-0.39, 0.29) is 6.04 Å². The van der Waals surface area contributed by atoms with Crippen molar-refractivity contribution in [1.29, 1.82) is 0 Å². The van der Waals surface area contributed by atoms with Gasteiger partial charge in [0, 0.05) is 6.54 Å². The number of nitrogens with zero attached hydrogens (tertiary/aromatic N) is 1. The Morgan fingerprint density at radius 2 is 1.64 bits per heavy atom. The Hall–Kier alpha value is -2.86. The summed E-state index contributed by atoms with van der Waals surface area (Å²) in [6, 6.07) is 13.7. The molecule has 0 amide bonds. The van der Waals surface area contributed by atoms with Crippen LogP contribution >= 0.6 is 0 Å². The van der Waals surface area contributed by atoms with Crippen LogP contribution in [0, 0.1) is 0 Å². The van der Waals surface area contributed by atoms with Crippen molar-refractivity contribution < 1.29 is 4.42 Å². The highest BCUT2D eigenvalue weighted by atomic mass is 16.3. The van der Waals surface area contributed by atoms with Gasteiger partial charge in [-0.3, -0.25) is 9.59 Å². The van der Waals surface area contributed by atoms with Crippen molar-refractivity contribution >= 4 is 11.4 Å². The molecule has 130 valence electrons. The maximum Gasteiger partial charge on any atom is 0.253 e. The van der Waals surface area contributed by atoms with Crippen molar-refractivity contribution in [1.82, 2.24) is 4.90 Å². The summed E-state index contributed by atoms with van der Waals surface area (Å²) in [6.45, 7) is 0.889. The fourth-order valence-corrected chi connectivity index (χ4v) is 2.79. The molecule has 1 atom stereocenters. The first-order valence-electron chi connectivity index (χ1n) is 8.12. The Morgan fingerprint density at radius 1 is 0.960 bits per heavy atom. The Kier molecular flexibility index (Phi) is 5.00. The summed E-state index contributed by atoms with van der Waals surface area (Å²) in [7, 11) is 3.97. The van der Waals surface area contributed by atoms with Crippen LogP contribution in [0.25, 0.3) is 0 Å². The normalized spacial score (nSPS) is 12.4. The molecule has 1 unspecified atom stereocenters. The SMILES string of the molecule is CN(C)C(CNc1c(NCc2ccco2)c(=O)c1=O)c1ccccc1. The standard InChI is InChI=1S/C19H21N3O3/c1-22(2)15(13-7-4-3-5-8-13)12-21-17-16(18(23)19(17)24)20-11-14-9-6-10-25-14/h3-10,15,20-21H,11-12H2,1-2H3. The van der Waals surface area contributed by atoms with E-state index in [1.807, 2.05) is 50.5 Å². The second kappa shape index (κ2) is 7.36. The lowest BCUT2D eigenvalue weighted by Gasteiger charge is -2.26. The number of benzene rings is 1. The maximum atomic E-state index is 11.9. The molecular weight excluding hydrogens is 318 g/mol. The van der Waals surface area contributed by atoms with Gasteiger partial charge in [0.15, 0.2) is 0 Å². The van der Waals surface area contributed by atoms with Gasteiger partial charge >= 0.3 is 0 Å². The third-order valence-corrected chi connectivity index (χ3v) is 4.21. The van der Waals surface area contributed by atoms with E-state index in [0.29, 0.717) is 30.2 Å². The number of hydrogen-bond acceptors (Lipinski definition) is 6. The summed E-state index contributed by atoms with van der Waals surface area (Å²) < 4.78 is 5.23. The molecule has 25 heavy (non-hydrogen) atoms. The van der Waals surface area contributed by atoms with E-state index >= 15 is 0 Å². The van der Waals surface area contributed by atoms with E-state index in [0.717, 1.165) is 5.56 Å². The highest BCUT2D eigenvalue weighted by Gasteiger charge is 2.22. The van der Waals surface area contributed by atoms with Gasteiger partial charge in [-0.2, -0.15) is 0 Å². The minimum Gasteiger partial charge on any atom is -0.467 e. The molecule has 0 fully saturated rings. The zero-order chi connectivity index (χ0) is 17.8. The molecule has 3 rings (SSSR count). The molecule has 0 aliphatic heterocycles. The van der Waals surface area contributed by atoms with Crippen LogP contribution in [-0.2, 0) is 6.54 Å². The van der Waals surface area contributed by atoms with Crippen LogP contribution in [0.1, 0.15) is 17.4 Å². The van der Waals surface area contributed by atoms with Gasteiger partial charge in [0.05, 0.1) is 18.8 Å². The Bertz CT molecular complexity index is 879. The summed E-state index contributed by atoms with van der Waals surface area (Å²) in [5, 5.41) is 6.12. The quantitative estimate of drug-likeness (QED) is 0.613. The number of hydrogen-bond donors (Lipinski definition) is 2. The molecule has 0 radical (unpaired) electrons. The maximum absolute atomic E-state index is 11.9. The van der Waals surface area contributed by atoms with Crippen molar-refractivity contribution in [3.63, 3.8) is 0 Å². The van der Waals surface area contributed by atoms with Gasteiger partial charge in [-0.15, -0.1) is 0 Å². The number of nitrogens with one attached hydrogen (secondary N) is 2. The van der Waals surface area contributed by atoms with Gasteiger partial charge in [-0.1, -0.05) is 30.3 Å². The largest absolute Gasteiger partial charge is 0.467 e. The van der Waals surface area contributed by atoms with E-state index in [1.165, 1.54) is 0 Å². The zero-order valence-electron chi connectivity index (χ0n) is 14.3. The molecule has 0 saturated heterocycles. The number of likely N-dealkylation sites (N-methyl/N-ethyl adjacent to an activating group) is 1. The number of furan rings is 1. The van der Waals surface area contributed by atoms with Crippen LogP contribution in [-0.4, -0.2) is 25.5 Å². The molecule has 1 heterocycles. The Morgan fingerprint density at radius 3 is 2.24 bits per heavy atom. The second-order valence-electron chi connectivity index (χ2n) is 6.11. The number of anilines is 2. The molecule has 0 aliphatic rings. The van der Waals surface area contributed by atoms with Gasteiger partial charge in [-0.05, 0) is 31.8 Å². The first-order chi connectivity index (χ1) is 12.1. The molecular formula is C19H21N3O3. The minimum absolute atomic E-state index is 0.0866. The van der Waals surface area contributed by atoms with Crippen LogP contribution in [0.2, 0.25) is 0 Å². The van der Waals surface area contributed by atoms with E-state index in [1.54, 1.807) is 12.3 Å². The predicted molar refractivity (Wildman–Crippen MR) is 98.7 cm³/mol. The summed E-state index contributed by atoms with van der Waals surface area (Å²) in [5.41, 5.74) is 0.845. The molecule has 0 saturated carbocycles. The van der Waals surface area contributed by atoms with Crippen LogP contribution in [0.5, 0.6) is 0 Å². The Balaban J connectivity index is 1.69. The smallest absolute Gasteiger partial charge is 0.253 e. The minimum atomic E-state index is -0.491. The van der Waals surface area contributed by atoms with Crippen LogP contribution in [0.3, 0.4) is 0 Å².